The standard InChI is InChI=1S/C54H38BN5O/c1-5-19-40(20-6-1)48-31-17-32-49(41-21-7-2-8-22-41)53(48)58-39-57(50-33-13-14-34-51(50)58)44-27-15-29-46(37-44)61-47-30-16-28-45(38-47)60-54-52(35-18-36-56-54)59(43-25-11-4-12-26-43)55(60)42-23-9-3-10-24-42/h1-38H. The van der Waals surface area contributed by atoms with Gasteiger partial charge in [0.1, 0.15) is 17.3 Å². The van der Waals surface area contributed by atoms with Crippen LogP contribution < -0.4 is 24.4 Å². The average molecular weight is 784 g/mol. The third-order valence-electron chi connectivity index (χ3n) is 11.3. The van der Waals surface area contributed by atoms with Crippen LogP contribution >= 0.6 is 0 Å². The van der Waals surface area contributed by atoms with E-state index in [1.165, 1.54) is 0 Å². The molecule has 0 bridgehead atoms. The Labute approximate surface area is 355 Å². The number of imidazole rings is 1. The molecule has 0 saturated carbocycles. The molecule has 10 aromatic rings. The Morgan fingerprint density at radius 1 is 0.475 bits per heavy atom. The van der Waals surface area contributed by atoms with Crippen molar-refractivity contribution in [2.75, 3.05) is 9.62 Å². The third-order valence-corrected chi connectivity index (χ3v) is 11.3. The number of anilines is 4. The van der Waals surface area contributed by atoms with E-state index in [0.717, 1.165) is 78.8 Å². The van der Waals surface area contributed by atoms with Gasteiger partial charge in [-0.2, -0.15) is 0 Å². The van der Waals surface area contributed by atoms with Gasteiger partial charge in [0.15, 0.2) is 0 Å². The van der Waals surface area contributed by atoms with Gasteiger partial charge in [-0.05, 0) is 82.3 Å². The first-order valence-electron chi connectivity index (χ1n) is 20.5. The van der Waals surface area contributed by atoms with Crippen LogP contribution in [0, 0.1) is 6.33 Å². The van der Waals surface area contributed by atoms with Crippen LogP contribution in [0.1, 0.15) is 0 Å². The van der Waals surface area contributed by atoms with Crippen molar-refractivity contribution < 1.29 is 9.30 Å². The second kappa shape index (κ2) is 15.5. The van der Waals surface area contributed by atoms with Crippen molar-refractivity contribution in [1.82, 2.24) is 9.55 Å². The number of aromatic nitrogens is 3. The number of rotatable bonds is 9. The van der Waals surface area contributed by atoms with Crippen LogP contribution in [0.2, 0.25) is 0 Å². The molecule has 3 heterocycles. The number of benzene rings is 8. The van der Waals surface area contributed by atoms with E-state index in [4.69, 9.17) is 9.72 Å². The molecule has 0 saturated heterocycles. The normalized spacial score (nSPS) is 12.2. The zero-order valence-corrected chi connectivity index (χ0v) is 33.2. The Morgan fingerprint density at radius 3 is 1.72 bits per heavy atom. The number of fused-ring (bicyclic) bond motifs is 2. The van der Waals surface area contributed by atoms with Gasteiger partial charge < -0.3 is 14.4 Å². The molecule has 0 unspecified atom stereocenters. The lowest BCUT2D eigenvalue weighted by Gasteiger charge is -2.29. The van der Waals surface area contributed by atoms with Gasteiger partial charge in [0.25, 0.3) is 6.33 Å². The maximum Gasteiger partial charge on any atom is 0.421 e. The van der Waals surface area contributed by atoms with E-state index in [0.29, 0.717) is 5.75 Å². The number of hydrogen-bond acceptors (Lipinski definition) is 4. The summed E-state index contributed by atoms with van der Waals surface area (Å²) in [4.78, 5) is 9.62. The van der Waals surface area contributed by atoms with E-state index in [2.05, 4.69) is 225 Å². The van der Waals surface area contributed by atoms with Crippen LogP contribution in [0.25, 0.3) is 44.7 Å². The summed E-state index contributed by atoms with van der Waals surface area (Å²) in [6.07, 6.45) is 5.65. The Balaban J connectivity index is 0.986. The molecular weight excluding hydrogens is 745 g/mol. The maximum absolute atomic E-state index is 6.74. The van der Waals surface area contributed by atoms with Crippen molar-refractivity contribution >= 4 is 46.4 Å². The van der Waals surface area contributed by atoms with E-state index in [1.54, 1.807) is 0 Å². The topological polar surface area (TPSA) is 37.4 Å². The van der Waals surface area contributed by atoms with Crippen LogP contribution in [0.4, 0.5) is 22.9 Å². The summed E-state index contributed by atoms with van der Waals surface area (Å²) in [5.74, 6) is 2.32. The molecule has 0 spiro atoms. The summed E-state index contributed by atoms with van der Waals surface area (Å²) in [7, 11) is 0. The SMILES string of the molecule is [c-]1n(-c2cccc(Oc3cccc(N4B(c5ccccc5)N(c5ccccc5)c5cccnc54)c3)c2)c2ccccc2[n+]1-c1c(-c2ccccc2)cccc1-c1ccccc1. The average Bonchev–Trinajstić information content (AvgIpc) is 3.90. The minimum atomic E-state index is -0.175. The summed E-state index contributed by atoms with van der Waals surface area (Å²) in [6.45, 7) is -0.175. The molecular formula is C54H38BN5O. The number of hydrogen-bond donors (Lipinski definition) is 0. The van der Waals surface area contributed by atoms with Crippen molar-refractivity contribution in [3.05, 3.63) is 237 Å². The van der Waals surface area contributed by atoms with Gasteiger partial charge in [-0.3, -0.25) is 9.13 Å². The fraction of sp³-hybridized carbons (Fsp3) is 0. The first-order valence-corrected chi connectivity index (χ1v) is 20.5. The van der Waals surface area contributed by atoms with E-state index >= 15 is 0 Å². The van der Waals surface area contributed by atoms with E-state index in [9.17, 15) is 0 Å². The van der Waals surface area contributed by atoms with Crippen molar-refractivity contribution in [3.8, 4) is 45.1 Å². The maximum atomic E-state index is 6.74. The first-order chi connectivity index (χ1) is 30.3. The molecule has 0 N–H and O–H groups in total. The predicted octanol–water partition coefficient (Wildman–Crippen LogP) is 11.9. The van der Waals surface area contributed by atoms with Gasteiger partial charge in [-0.25, -0.2) is 4.98 Å². The second-order valence-electron chi connectivity index (χ2n) is 15.0. The first kappa shape index (κ1) is 36.0. The van der Waals surface area contributed by atoms with Crippen LogP contribution in [0.15, 0.2) is 231 Å². The second-order valence-corrected chi connectivity index (χ2v) is 15.0. The van der Waals surface area contributed by atoms with Crippen molar-refractivity contribution in [1.29, 1.82) is 0 Å². The summed E-state index contributed by atoms with van der Waals surface area (Å²) in [6, 6.07) is 78.0. The lowest BCUT2D eigenvalue weighted by molar-refractivity contribution is -0.571. The summed E-state index contributed by atoms with van der Waals surface area (Å²) in [5, 5.41) is 0. The summed E-state index contributed by atoms with van der Waals surface area (Å²) < 4.78 is 11.1. The molecule has 0 amide bonds. The predicted molar refractivity (Wildman–Crippen MR) is 248 cm³/mol. The molecule has 2 aromatic heterocycles. The van der Waals surface area contributed by atoms with Crippen molar-refractivity contribution in [2.45, 2.75) is 0 Å². The smallest absolute Gasteiger partial charge is 0.421 e. The van der Waals surface area contributed by atoms with E-state index in [1.807, 2.05) is 30.5 Å². The Kier molecular flexibility index (Phi) is 9.17. The van der Waals surface area contributed by atoms with Gasteiger partial charge in [-0.15, -0.1) is 0 Å². The monoisotopic (exact) mass is 783 g/mol. The number of ether oxygens (including phenoxy) is 1. The minimum Gasteiger partial charge on any atom is -0.458 e. The highest BCUT2D eigenvalue weighted by Gasteiger charge is 2.44. The van der Waals surface area contributed by atoms with E-state index in [-0.39, 0.29) is 6.98 Å². The molecule has 0 atom stereocenters. The van der Waals surface area contributed by atoms with Gasteiger partial charge in [0, 0.05) is 23.6 Å². The third kappa shape index (κ3) is 6.59. The van der Waals surface area contributed by atoms with Gasteiger partial charge in [-0.1, -0.05) is 164 Å². The molecule has 288 valence electrons. The molecule has 11 rings (SSSR count). The molecule has 1 aliphatic rings. The fourth-order valence-corrected chi connectivity index (χ4v) is 8.60. The quantitative estimate of drug-likeness (QED) is 0.0830. The van der Waals surface area contributed by atoms with Gasteiger partial charge >= 0.3 is 6.98 Å². The summed E-state index contributed by atoms with van der Waals surface area (Å²) >= 11 is 0. The fourth-order valence-electron chi connectivity index (χ4n) is 8.60. The highest BCUT2D eigenvalue weighted by molar-refractivity contribution is 6.84. The van der Waals surface area contributed by atoms with Gasteiger partial charge in [0.05, 0.1) is 28.1 Å². The Bertz CT molecular complexity index is 3080. The summed E-state index contributed by atoms with van der Waals surface area (Å²) in [5.41, 5.74) is 12.8. The van der Waals surface area contributed by atoms with Crippen molar-refractivity contribution in [3.63, 3.8) is 0 Å². The molecule has 6 nitrogen and oxygen atoms in total. The zero-order chi connectivity index (χ0) is 40.5. The lowest BCUT2D eigenvalue weighted by atomic mass is 9.64. The molecule has 8 aromatic carbocycles. The zero-order valence-electron chi connectivity index (χ0n) is 33.2. The lowest BCUT2D eigenvalue weighted by Crippen LogP contribution is -2.53. The number of nitrogens with zero attached hydrogens (tertiary/aromatic N) is 5. The highest BCUT2D eigenvalue weighted by Crippen LogP contribution is 2.45. The van der Waals surface area contributed by atoms with Crippen LogP contribution in [-0.4, -0.2) is 16.5 Å². The largest absolute Gasteiger partial charge is 0.458 e. The minimum absolute atomic E-state index is 0.175. The van der Waals surface area contributed by atoms with Crippen LogP contribution in [0.5, 0.6) is 11.5 Å². The molecule has 1 aliphatic heterocycles. The Morgan fingerprint density at radius 2 is 1.03 bits per heavy atom. The van der Waals surface area contributed by atoms with E-state index < -0.39 is 0 Å². The van der Waals surface area contributed by atoms with Gasteiger partial charge in [0.2, 0.25) is 0 Å². The molecule has 61 heavy (non-hydrogen) atoms. The molecule has 0 aliphatic carbocycles. The number of pyridine rings is 1. The Hall–Kier alpha value is -8.16. The number of para-hydroxylation sites is 4. The molecule has 0 fully saturated rings. The molecule has 7 heteroatoms. The highest BCUT2D eigenvalue weighted by atomic mass is 16.5. The van der Waals surface area contributed by atoms with Crippen LogP contribution in [-0.2, 0) is 0 Å². The van der Waals surface area contributed by atoms with Crippen molar-refractivity contribution in [2.24, 2.45) is 0 Å². The molecule has 0 radical (unpaired) electrons. The van der Waals surface area contributed by atoms with Crippen LogP contribution in [0.3, 0.4) is 0 Å².